The summed E-state index contributed by atoms with van der Waals surface area (Å²) >= 11 is 0. The number of fused-ring (bicyclic) bond motifs is 1. The van der Waals surface area contributed by atoms with Gasteiger partial charge in [0.15, 0.2) is 11.5 Å². The standard InChI is InChI=1S/C14H11F3N2O4/c1-8(20)23-11-3-2-5-19-6-4-9(12(11)19)10(21)7-18-13(22)14(15,16)17/h2-6H,7H2,1H3,(H,18,22). The number of hydrogen-bond donors (Lipinski definition) is 1. The van der Waals surface area contributed by atoms with Crippen LogP contribution in [0.3, 0.4) is 0 Å². The number of nitrogens with zero attached hydrogens (tertiary/aromatic N) is 1. The van der Waals surface area contributed by atoms with E-state index in [1.807, 2.05) is 0 Å². The summed E-state index contributed by atoms with van der Waals surface area (Å²) in [6, 6.07) is 4.39. The minimum Gasteiger partial charge on any atom is -0.424 e. The molecule has 0 saturated carbocycles. The Hall–Kier alpha value is -2.84. The Kier molecular flexibility index (Phi) is 4.39. The van der Waals surface area contributed by atoms with Gasteiger partial charge >= 0.3 is 18.1 Å². The molecular weight excluding hydrogens is 317 g/mol. The van der Waals surface area contributed by atoms with Crippen molar-refractivity contribution in [3.63, 3.8) is 0 Å². The SMILES string of the molecule is CC(=O)Oc1cccn2ccc(C(=O)CNC(=O)C(F)(F)F)c12. The van der Waals surface area contributed by atoms with Gasteiger partial charge in [0.1, 0.15) is 0 Å². The van der Waals surface area contributed by atoms with Gasteiger partial charge in [0.25, 0.3) is 0 Å². The summed E-state index contributed by atoms with van der Waals surface area (Å²) < 4.78 is 42.8. The van der Waals surface area contributed by atoms with Crippen LogP contribution in [0.25, 0.3) is 5.52 Å². The summed E-state index contributed by atoms with van der Waals surface area (Å²) in [5.74, 6) is -3.46. The van der Waals surface area contributed by atoms with Gasteiger partial charge in [-0.05, 0) is 18.2 Å². The van der Waals surface area contributed by atoms with E-state index >= 15 is 0 Å². The summed E-state index contributed by atoms with van der Waals surface area (Å²) in [5.41, 5.74) is 0.262. The second kappa shape index (κ2) is 6.11. The molecule has 0 atom stereocenters. The third kappa shape index (κ3) is 3.68. The van der Waals surface area contributed by atoms with Gasteiger partial charge in [-0.3, -0.25) is 14.4 Å². The number of rotatable bonds is 4. The third-order valence-electron chi connectivity index (χ3n) is 2.86. The lowest BCUT2D eigenvalue weighted by atomic mass is 10.1. The van der Waals surface area contributed by atoms with Crippen LogP contribution in [-0.4, -0.2) is 34.8 Å². The van der Waals surface area contributed by atoms with Gasteiger partial charge in [0, 0.05) is 24.9 Å². The Balaban J connectivity index is 2.27. The molecule has 0 aliphatic rings. The van der Waals surface area contributed by atoms with Gasteiger partial charge in [0.05, 0.1) is 12.1 Å². The second-order valence-corrected chi connectivity index (χ2v) is 4.55. The van der Waals surface area contributed by atoms with E-state index in [0.29, 0.717) is 0 Å². The molecule has 0 unspecified atom stereocenters. The predicted octanol–water partition coefficient (Wildman–Crippen LogP) is 1.73. The molecule has 2 rings (SSSR count). The number of hydrogen-bond acceptors (Lipinski definition) is 4. The maximum Gasteiger partial charge on any atom is 0.471 e. The zero-order valence-electron chi connectivity index (χ0n) is 11.8. The minimum absolute atomic E-state index is 0.0318. The molecule has 0 saturated heterocycles. The molecule has 23 heavy (non-hydrogen) atoms. The quantitative estimate of drug-likeness (QED) is 0.685. The lowest BCUT2D eigenvalue weighted by Gasteiger charge is -2.08. The van der Waals surface area contributed by atoms with Crippen molar-refractivity contribution in [2.75, 3.05) is 6.54 Å². The first-order chi connectivity index (χ1) is 10.7. The summed E-state index contributed by atoms with van der Waals surface area (Å²) in [7, 11) is 0. The van der Waals surface area contributed by atoms with Crippen LogP contribution >= 0.6 is 0 Å². The Labute approximate surface area is 127 Å². The summed E-state index contributed by atoms with van der Waals surface area (Å²) in [6.07, 6.45) is -2.00. The van der Waals surface area contributed by atoms with Crippen molar-refractivity contribution in [1.82, 2.24) is 9.72 Å². The molecule has 9 heteroatoms. The fourth-order valence-corrected chi connectivity index (χ4v) is 1.95. The number of carbonyl (C=O) groups is 3. The number of ether oxygens (including phenoxy) is 1. The first kappa shape index (κ1) is 16.5. The van der Waals surface area contributed by atoms with Crippen LogP contribution in [0, 0.1) is 0 Å². The molecular formula is C14H11F3N2O4. The fourth-order valence-electron chi connectivity index (χ4n) is 1.95. The van der Waals surface area contributed by atoms with Crippen LogP contribution < -0.4 is 10.1 Å². The van der Waals surface area contributed by atoms with E-state index in [2.05, 4.69) is 0 Å². The highest BCUT2D eigenvalue weighted by molar-refractivity contribution is 6.06. The summed E-state index contributed by atoms with van der Waals surface area (Å²) in [4.78, 5) is 33.9. The number of amides is 1. The average molecular weight is 328 g/mol. The largest absolute Gasteiger partial charge is 0.471 e. The van der Waals surface area contributed by atoms with Gasteiger partial charge in [-0.15, -0.1) is 0 Å². The maximum atomic E-state index is 12.1. The number of pyridine rings is 1. The van der Waals surface area contributed by atoms with Crippen molar-refractivity contribution < 1.29 is 32.3 Å². The van der Waals surface area contributed by atoms with Gasteiger partial charge in [0.2, 0.25) is 0 Å². The van der Waals surface area contributed by atoms with Crippen LogP contribution in [0.5, 0.6) is 5.75 Å². The number of halogens is 3. The van der Waals surface area contributed by atoms with E-state index in [1.165, 1.54) is 35.0 Å². The molecule has 0 aliphatic heterocycles. The van der Waals surface area contributed by atoms with Crippen molar-refractivity contribution in [3.8, 4) is 5.75 Å². The number of esters is 1. The summed E-state index contributed by atoms with van der Waals surface area (Å²) in [6.45, 7) is 0.351. The van der Waals surface area contributed by atoms with Crippen molar-refractivity contribution in [2.24, 2.45) is 0 Å². The van der Waals surface area contributed by atoms with Crippen molar-refractivity contribution in [2.45, 2.75) is 13.1 Å². The molecule has 2 aromatic heterocycles. The molecule has 0 fully saturated rings. The van der Waals surface area contributed by atoms with Gasteiger partial charge in [-0.2, -0.15) is 13.2 Å². The van der Waals surface area contributed by atoms with Gasteiger partial charge < -0.3 is 14.5 Å². The maximum absolute atomic E-state index is 12.1. The minimum atomic E-state index is -5.06. The Morgan fingerprint density at radius 1 is 1.22 bits per heavy atom. The van der Waals surface area contributed by atoms with Crippen LogP contribution in [0.1, 0.15) is 17.3 Å². The molecule has 0 bridgehead atoms. The molecule has 2 heterocycles. The topological polar surface area (TPSA) is 76.9 Å². The van der Waals surface area contributed by atoms with Crippen LogP contribution in [0.4, 0.5) is 13.2 Å². The van der Waals surface area contributed by atoms with Crippen LogP contribution in [0.2, 0.25) is 0 Å². The monoisotopic (exact) mass is 328 g/mol. The number of nitrogens with one attached hydrogen (secondary N) is 1. The molecule has 0 radical (unpaired) electrons. The number of aromatic nitrogens is 1. The van der Waals surface area contributed by atoms with E-state index in [9.17, 15) is 27.6 Å². The second-order valence-electron chi connectivity index (χ2n) is 4.55. The van der Waals surface area contributed by atoms with E-state index in [-0.39, 0.29) is 16.8 Å². The van der Waals surface area contributed by atoms with Gasteiger partial charge in [-0.25, -0.2) is 0 Å². The third-order valence-corrected chi connectivity index (χ3v) is 2.86. The van der Waals surface area contributed by atoms with Gasteiger partial charge in [-0.1, -0.05) is 0 Å². The highest BCUT2D eigenvalue weighted by Gasteiger charge is 2.38. The summed E-state index contributed by atoms with van der Waals surface area (Å²) in [5, 5.41) is 1.51. The molecule has 1 N–H and O–H groups in total. The smallest absolute Gasteiger partial charge is 0.424 e. The van der Waals surface area contributed by atoms with E-state index in [0.717, 1.165) is 0 Å². The van der Waals surface area contributed by atoms with Crippen molar-refractivity contribution in [1.29, 1.82) is 0 Å². The zero-order chi connectivity index (χ0) is 17.2. The van der Waals surface area contributed by atoms with Crippen molar-refractivity contribution in [3.05, 3.63) is 36.2 Å². The number of ketones is 1. The average Bonchev–Trinajstić information content (AvgIpc) is 2.87. The number of alkyl halides is 3. The number of carbonyl (C=O) groups excluding carboxylic acids is 3. The molecule has 0 aliphatic carbocycles. The first-order valence-corrected chi connectivity index (χ1v) is 6.36. The normalized spacial score (nSPS) is 11.3. The predicted molar refractivity (Wildman–Crippen MR) is 72.1 cm³/mol. The van der Waals surface area contributed by atoms with E-state index in [4.69, 9.17) is 4.74 Å². The molecule has 122 valence electrons. The van der Waals surface area contributed by atoms with E-state index in [1.54, 1.807) is 12.3 Å². The first-order valence-electron chi connectivity index (χ1n) is 6.36. The highest BCUT2D eigenvalue weighted by atomic mass is 19.4. The van der Waals surface area contributed by atoms with E-state index < -0.39 is 30.4 Å². The fraction of sp³-hybridized carbons (Fsp3) is 0.214. The Morgan fingerprint density at radius 3 is 2.52 bits per heavy atom. The highest BCUT2D eigenvalue weighted by Crippen LogP contribution is 2.25. The zero-order valence-corrected chi connectivity index (χ0v) is 11.8. The Morgan fingerprint density at radius 2 is 1.91 bits per heavy atom. The number of Topliss-reactive ketones (excluding diaryl/α,β-unsaturated/α-hetero) is 1. The van der Waals surface area contributed by atoms with Crippen LogP contribution in [-0.2, 0) is 9.59 Å². The molecule has 0 aromatic carbocycles. The molecule has 6 nitrogen and oxygen atoms in total. The van der Waals surface area contributed by atoms with Crippen molar-refractivity contribution >= 4 is 23.2 Å². The molecule has 0 spiro atoms. The van der Waals surface area contributed by atoms with Crippen LogP contribution in [0.15, 0.2) is 30.6 Å². The molecule has 2 aromatic rings. The Bertz CT molecular complexity index is 780. The lowest BCUT2D eigenvalue weighted by Crippen LogP contribution is -2.39. The molecule has 1 amide bonds. The lowest BCUT2D eigenvalue weighted by molar-refractivity contribution is -0.173.